The summed E-state index contributed by atoms with van der Waals surface area (Å²) in [5, 5.41) is 9.18. The summed E-state index contributed by atoms with van der Waals surface area (Å²) in [5.41, 5.74) is 0.510. The second-order valence-corrected chi connectivity index (χ2v) is 3.58. The van der Waals surface area contributed by atoms with Crippen molar-refractivity contribution in [1.82, 2.24) is 0 Å². The van der Waals surface area contributed by atoms with Gasteiger partial charge in [-0.3, -0.25) is 0 Å². The zero-order valence-corrected chi connectivity index (χ0v) is 8.70. The molecule has 0 fully saturated rings. The van der Waals surface area contributed by atoms with E-state index in [1.165, 1.54) is 36.4 Å². The molecule has 0 radical (unpaired) electrons. The van der Waals surface area contributed by atoms with E-state index in [0.717, 1.165) is 6.07 Å². The summed E-state index contributed by atoms with van der Waals surface area (Å²) in [6.07, 6.45) is -2.69. The number of phenolic OH excluding ortho intramolecular Hbond substituents is 1. The average Bonchev–Trinajstić information content (AvgIpc) is 2.30. The lowest BCUT2D eigenvalue weighted by Crippen LogP contribution is -1.90. The molecule has 0 saturated carbocycles. The summed E-state index contributed by atoms with van der Waals surface area (Å²) in [6, 6.07) is 8.99. The zero-order chi connectivity index (χ0) is 12.4. The normalized spacial score (nSPS) is 10.8. The Hall–Kier alpha value is -1.97. The van der Waals surface area contributed by atoms with Crippen LogP contribution in [-0.2, 0) is 0 Å². The first kappa shape index (κ1) is 11.5. The van der Waals surface area contributed by atoms with E-state index in [9.17, 15) is 18.3 Å². The first-order valence-electron chi connectivity index (χ1n) is 4.95. The molecule has 0 spiro atoms. The molecule has 0 unspecified atom stereocenters. The molecule has 2 aromatic carbocycles. The van der Waals surface area contributed by atoms with E-state index >= 15 is 0 Å². The molecule has 17 heavy (non-hydrogen) atoms. The average molecular weight is 239 g/mol. The molecule has 0 aromatic heterocycles. The van der Waals surface area contributed by atoms with Gasteiger partial charge in [-0.1, -0.05) is 18.2 Å². The third kappa shape index (κ3) is 2.41. The van der Waals surface area contributed by atoms with Crippen molar-refractivity contribution in [2.75, 3.05) is 0 Å². The smallest absolute Gasteiger partial charge is 0.508 e. The summed E-state index contributed by atoms with van der Waals surface area (Å²) < 4.78 is 38.3. The predicted octanol–water partition coefficient (Wildman–Crippen LogP) is 4.25. The Morgan fingerprint density at radius 2 is 1.65 bits per heavy atom. The van der Waals surface area contributed by atoms with Gasteiger partial charge in [0, 0.05) is 5.56 Å². The van der Waals surface area contributed by atoms with Gasteiger partial charge in [0.25, 0.3) is 6.43 Å². The lowest BCUT2D eigenvalue weighted by molar-refractivity contribution is 0.151. The Morgan fingerprint density at radius 1 is 1.00 bits per heavy atom. The first-order chi connectivity index (χ1) is 8.08. The first-order valence-corrected chi connectivity index (χ1v) is 4.95. The summed E-state index contributed by atoms with van der Waals surface area (Å²) in [7, 11) is 0. The molecule has 0 saturated heterocycles. The van der Waals surface area contributed by atoms with Gasteiger partial charge in [-0.15, -0.1) is 0 Å². The van der Waals surface area contributed by atoms with Crippen LogP contribution in [-0.4, -0.2) is 5.11 Å². The highest BCUT2D eigenvalue weighted by Crippen LogP contribution is 2.33. The van der Waals surface area contributed by atoms with E-state index < -0.39 is 12.2 Å². The summed E-state index contributed by atoms with van der Waals surface area (Å²) in [5.74, 6) is -0.641. The maximum Gasteiger partial charge on any atom is 1.00 e. The van der Waals surface area contributed by atoms with Gasteiger partial charge in [0.2, 0.25) is 0 Å². The van der Waals surface area contributed by atoms with Crippen molar-refractivity contribution in [1.29, 1.82) is 0 Å². The van der Waals surface area contributed by atoms with Crippen LogP contribution in [0.3, 0.4) is 0 Å². The second-order valence-electron chi connectivity index (χ2n) is 3.58. The van der Waals surface area contributed by atoms with E-state index in [1.807, 2.05) is 0 Å². The van der Waals surface area contributed by atoms with Gasteiger partial charge in [0.15, 0.2) is 0 Å². The van der Waals surface area contributed by atoms with Crippen LogP contribution >= 0.6 is 0 Å². The van der Waals surface area contributed by atoms with E-state index in [4.69, 9.17) is 0 Å². The molecule has 0 bridgehead atoms. The highest BCUT2D eigenvalue weighted by atomic mass is 19.3. The number of hydrogen-bond acceptors (Lipinski definition) is 1. The number of benzene rings is 2. The number of alkyl halides is 2. The Balaban J connectivity index is 0.00000162. The van der Waals surface area contributed by atoms with Crippen LogP contribution in [0, 0.1) is 5.82 Å². The molecule has 0 amide bonds. The lowest BCUT2D eigenvalue weighted by Gasteiger charge is -2.09. The van der Waals surface area contributed by atoms with Gasteiger partial charge in [0.1, 0.15) is 11.6 Å². The van der Waals surface area contributed by atoms with Gasteiger partial charge in [-0.2, -0.15) is 0 Å². The third-order valence-electron chi connectivity index (χ3n) is 2.43. The van der Waals surface area contributed by atoms with Crippen LogP contribution in [0.1, 0.15) is 13.4 Å². The number of hydrogen-bond donors (Lipinski definition) is 1. The van der Waals surface area contributed by atoms with E-state index in [1.54, 1.807) is 0 Å². The third-order valence-corrected chi connectivity index (χ3v) is 2.43. The Morgan fingerprint density at radius 3 is 2.24 bits per heavy atom. The molecule has 1 N–H and O–H groups in total. The van der Waals surface area contributed by atoms with Gasteiger partial charge in [0.05, 0.1) is 0 Å². The van der Waals surface area contributed by atoms with Gasteiger partial charge in [-0.05, 0) is 35.4 Å². The van der Waals surface area contributed by atoms with Crippen molar-refractivity contribution in [3.8, 4) is 16.9 Å². The van der Waals surface area contributed by atoms with Crippen molar-refractivity contribution in [2.24, 2.45) is 0 Å². The van der Waals surface area contributed by atoms with Crippen LogP contribution in [0.25, 0.3) is 11.1 Å². The van der Waals surface area contributed by atoms with Crippen molar-refractivity contribution in [3.05, 3.63) is 53.8 Å². The minimum absolute atomic E-state index is 0. The molecule has 0 heterocycles. The van der Waals surface area contributed by atoms with Crippen molar-refractivity contribution < 1.29 is 19.7 Å². The van der Waals surface area contributed by atoms with E-state index in [-0.39, 0.29) is 18.3 Å². The van der Waals surface area contributed by atoms with Gasteiger partial charge >= 0.3 is 1.43 Å². The molecular formula is C13H10F3O+. The largest absolute Gasteiger partial charge is 1.00 e. The van der Waals surface area contributed by atoms with Gasteiger partial charge in [-0.25, -0.2) is 13.2 Å². The maximum atomic E-state index is 12.8. The Bertz CT molecular complexity index is 526. The lowest BCUT2D eigenvalue weighted by atomic mass is 9.99. The van der Waals surface area contributed by atoms with E-state index in [2.05, 4.69) is 0 Å². The molecule has 4 heteroatoms. The minimum atomic E-state index is -2.69. The molecule has 2 aromatic rings. The second kappa shape index (κ2) is 4.49. The van der Waals surface area contributed by atoms with Crippen molar-refractivity contribution >= 4 is 0 Å². The standard InChI is InChI=1S/C13H9F3O/c14-9-3-1-8(2-4-9)11-6-5-10(17)7-12(11)13(15)16/h1-7,13,17H/p+1. The number of halogens is 3. The summed E-state index contributed by atoms with van der Waals surface area (Å²) >= 11 is 0. The zero-order valence-electron chi connectivity index (χ0n) is 9.70. The van der Waals surface area contributed by atoms with Crippen LogP contribution in [0.5, 0.6) is 5.75 Å². The van der Waals surface area contributed by atoms with E-state index in [0.29, 0.717) is 5.56 Å². The minimum Gasteiger partial charge on any atom is -0.508 e. The fraction of sp³-hybridized carbons (Fsp3) is 0.0769. The van der Waals surface area contributed by atoms with Crippen molar-refractivity contribution in [2.45, 2.75) is 6.43 Å². The summed E-state index contributed by atoms with van der Waals surface area (Å²) in [4.78, 5) is 0. The maximum absolute atomic E-state index is 12.8. The van der Waals surface area contributed by atoms with Crippen LogP contribution < -0.4 is 0 Å². The number of rotatable bonds is 2. The topological polar surface area (TPSA) is 20.2 Å². The Kier molecular flexibility index (Phi) is 3.04. The highest BCUT2D eigenvalue weighted by Gasteiger charge is 2.14. The molecule has 0 aliphatic heterocycles. The SMILES string of the molecule is Oc1ccc(-c2ccc(F)cc2)c(C(F)F)c1.[H+]. The fourth-order valence-electron chi connectivity index (χ4n) is 1.62. The van der Waals surface area contributed by atoms with Gasteiger partial charge < -0.3 is 5.11 Å². The monoisotopic (exact) mass is 239 g/mol. The quantitative estimate of drug-likeness (QED) is 0.830. The molecule has 1 nitrogen and oxygen atoms in total. The molecule has 0 atom stereocenters. The molecule has 0 aliphatic carbocycles. The molecular weight excluding hydrogens is 229 g/mol. The van der Waals surface area contributed by atoms with Crippen LogP contribution in [0.2, 0.25) is 0 Å². The van der Waals surface area contributed by atoms with Crippen LogP contribution in [0.4, 0.5) is 13.2 Å². The van der Waals surface area contributed by atoms with Crippen molar-refractivity contribution in [3.63, 3.8) is 0 Å². The fourth-order valence-corrected chi connectivity index (χ4v) is 1.62. The van der Waals surface area contributed by atoms with Crippen LogP contribution in [0.15, 0.2) is 42.5 Å². The Labute approximate surface area is 97.6 Å². The summed E-state index contributed by atoms with van der Waals surface area (Å²) in [6.45, 7) is 0. The molecule has 2 rings (SSSR count). The molecule has 0 aliphatic rings. The number of aromatic hydroxyl groups is 1. The highest BCUT2D eigenvalue weighted by molar-refractivity contribution is 5.68. The molecule has 88 valence electrons. The predicted molar refractivity (Wildman–Crippen MR) is 59.6 cm³/mol. The number of phenols is 1.